The van der Waals surface area contributed by atoms with Crippen LogP contribution in [-0.2, 0) is 11.0 Å². The van der Waals surface area contributed by atoms with E-state index in [4.69, 9.17) is 25.5 Å². The number of hydrogen-bond donors (Lipinski definition) is 1. The third-order valence-corrected chi connectivity index (χ3v) is 5.47. The summed E-state index contributed by atoms with van der Waals surface area (Å²) >= 11 is 5.97. The van der Waals surface area contributed by atoms with Gasteiger partial charge in [-0.15, -0.1) is 0 Å². The van der Waals surface area contributed by atoms with Gasteiger partial charge >= 0.3 is 6.18 Å². The van der Waals surface area contributed by atoms with Crippen molar-refractivity contribution in [3.05, 3.63) is 92.8 Å². The Kier molecular flexibility index (Phi) is 6.94. The van der Waals surface area contributed by atoms with E-state index in [1.807, 2.05) is 26.0 Å². The van der Waals surface area contributed by atoms with E-state index in [1.54, 1.807) is 12.1 Å². The fraction of sp³-hybridized carbons (Fsp3) is 0.154. The number of carbonyl (C=O) groups is 1. The molecule has 4 aromatic rings. The Morgan fingerprint density at radius 3 is 2.50 bits per heavy atom. The maximum Gasteiger partial charge on any atom is 0.453 e. The molecule has 0 unspecified atom stereocenters. The minimum absolute atomic E-state index is 0.0213. The van der Waals surface area contributed by atoms with Gasteiger partial charge in [-0.25, -0.2) is 0 Å². The molecule has 3 aromatic carbocycles. The number of nitrogens with one attached hydrogen (secondary N) is 1. The number of carbonyl (C=O) groups excluding carboxylic acids is 1. The Morgan fingerprint density at radius 1 is 1.06 bits per heavy atom. The topological polar surface area (TPSA) is 77.8 Å². The largest absolute Gasteiger partial charge is 0.484 e. The van der Waals surface area contributed by atoms with E-state index in [0.29, 0.717) is 5.69 Å². The number of rotatable bonds is 6. The average Bonchev–Trinajstić information content (AvgIpc) is 2.81. The van der Waals surface area contributed by atoms with Crippen molar-refractivity contribution in [2.45, 2.75) is 20.0 Å². The summed E-state index contributed by atoms with van der Waals surface area (Å²) in [4.78, 5) is 25.2. The molecule has 0 fully saturated rings. The predicted molar refractivity (Wildman–Crippen MR) is 129 cm³/mol. The first-order chi connectivity index (χ1) is 17.0. The molecule has 0 aliphatic carbocycles. The lowest BCUT2D eigenvalue weighted by Gasteiger charge is -2.14. The molecular weight excluding hydrogens is 499 g/mol. The van der Waals surface area contributed by atoms with Crippen LogP contribution < -0.4 is 20.2 Å². The van der Waals surface area contributed by atoms with Gasteiger partial charge < -0.3 is 19.2 Å². The Balaban J connectivity index is 1.61. The van der Waals surface area contributed by atoms with Crippen molar-refractivity contribution < 1.29 is 31.9 Å². The second kappa shape index (κ2) is 9.94. The highest BCUT2D eigenvalue weighted by Crippen LogP contribution is 2.39. The second-order valence-corrected chi connectivity index (χ2v) is 8.34. The number of fused-ring (bicyclic) bond motifs is 1. The molecule has 0 spiro atoms. The molecule has 4 rings (SSSR count). The molecule has 1 aromatic heterocycles. The molecule has 36 heavy (non-hydrogen) atoms. The van der Waals surface area contributed by atoms with Crippen LogP contribution in [0.15, 0.2) is 69.9 Å². The quantitative estimate of drug-likeness (QED) is 0.301. The summed E-state index contributed by atoms with van der Waals surface area (Å²) in [6.45, 7) is 3.36. The maximum absolute atomic E-state index is 13.7. The molecule has 0 bridgehead atoms. The molecule has 0 radical (unpaired) electrons. The first-order valence-corrected chi connectivity index (χ1v) is 11.0. The Bertz CT molecular complexity index is 1510. The van der Waals surface area contributed by atoms with Gasteiger partial charge in [0.25, 0.3) is 11.7 Å². The number of anilines is 1. The van der Waals surface area contributed by atoms with Gasteiger partial charge in [0.05, 0.1) is 10.4 Å². The number of ether oxygens (including phenoxy) is 2. The summed E-state index contributed by atoms with van der Waals surface area (Å²) < 4.78 is 57.0. The highest BCUT2D eigenvalue weighted by molar-refractivity contribution is 6.32. The van der Waals surface area contributed by atoms with Crippen molar-refractivity contribution in [3.8, 4) is 17.2 Å². The van der Waals surface area contributed by atoms with Crippen LogP contribution in [0.2, 0.25) is 5.02 Å². The van der Waals surface area contributed by atoms with E-state index in [0.717, 1.165) is 17.2 Å². The van der Waals surface area contributed by atoms with Gasteiger partial charge in [0.2, 0.25) is 11.2 Å². The van der Waals surface area contributed by atoms with Crippen molar-refractivity contribution in [2.75, 3.05) is 11.9 Å². The summed E-state index contributed by atoms with van der Waals surface area (Å²) in [6.07, 6.45) is -5.04. The van der Waals surface area contributed by atoms with Crippen molar-refractivity contribution in [2.24, 2.45) is 0 Å². The van der Waals surface area contributed by atoms with Gasteiger partial charge in [0, 0.05) is 11.8 Å². The molecule has 186 valence electrons. The zero-order valence-corrected chi connectivity index (χ0v) is 19.8. The highest BCUT2D eigenvalue weighted by Gasteiger charge is 2.40. The first-order valence-electron chi connectivity index (χ1n) is 10.6. The molecule has 10 heteroatoms. The molecule has 1 N–H and O–H groups in total. The molecule has 0 aliphatic rings. The van der Waals surface area contributed by atoms with Crippen LogP contribution in [0.1, 0.15) is 16.9 Å². The van der Waals surface area contributed by atoms with Crippen LogP contribution in [0.4, 0.5) is 18.9 Å². The fourth-order valence-corrected chi connectivity index (χ4v) is 3.63. The number of alkyl halides is 3. The number of aryl methyl sites for hydroxylation is 2. The second-order valence-electron chi connectivity index (χ2n) is 7.93. The van der Waals surface area contributed by atoms with Crippen molar-refractivity contribution >= 4 is 34.2 Å². The molecule has 0 atom stereocenters. The van der Waals surface area contributed by atoms with Gasteiger partial charge in [0.15, 0.2) is 6.61 Å². The van der Waals surface area contributed by atoms with Gasteiger partial charge in [-0.1, -0.05) is 41.4 Å². The summed E-state index contributed by atoms with van der Waals surface area (Å²) in [6, 6.07) is 15.0. The van der Waals surface area contributed by atoms with E-state index in [-0.39, 0.29) is 27.5 Å². The average molecular weight is 518 g/mol. The van der Waals surface area contributed by atoms with Crippen LogP contribution >= 0.6 is 11.6 Å². The van der Waals surface area contributed by atoms with Crippen molar-refractivity contribution in [3.63, 3.8) is 0 Å². The molecule has 1 amide bonds. The fourth-order valence-electron chi connectivity index (χ4n) is 3.45. The minimum atomic E-state index is -5.04. The number of benzene rings is 3. The normalized spacial score (nSPS) is 11.4. The monoisotopic (exact) mass is 517 g/mol. The number of amides is 1. The van der Waals surface area contributed by atoms with E-state index in [9.17, 15) is 22.8 Å². The molecule has 0 aliphatic heterocycles. The summed E-state index contributed by atoms with van der Waals surface area (Å²) in [5.74, 6) is -3.22. The van der Waals surface area contributed by atoms with Crippen molar-refractivity contribution in [1.82, 2.24) is 0 Å². The smallest absolute Gasteiger partial charge is 0.453 e. The Hall–Kier alpha value is -3.98. The van der Waals surface area contributed by atoms with E-state index in [1.165, 1.54) is 30.3 Å². The van der Waals surface area contributed by atoms with Gasteiger partial charge in [-0.3, -0.25) is 9.59 Å². The van der Waals surface area contributed by atoms with Crippen LogP contribution in [0, 0.1) is 13.8 Å². The molecule has 1 heterocycles. The lowest BCUT2D eigenvalue weighted by molar-refractivity contribution is -0.154. The van der Waals surface area contributed by atoms with Gasteiger partial charge in [-0.05, 0) is 49.7 Å². The van der Waals surface area contributed by atoms with Gasteiger partial charge in [-0.2, -0.15) is 13.2 Å². The Labute approximate surface area is 208 Å². The lowest BCUT2D eigenvalue weighted by atomic mass is 10.1. The summed E-state index contributed by atoms with van der Waals surface area (Å²) in [5, 5.41) is 2.56. The number of hydrogen-bond acceptors (Lipinski definition) is 5. The molecule has 0 saturated carbocycles. The third kappa shape index (κ3) is 5.46. The van der Waals surface area contributed by atoms with Crippen LogP contribution in [0.25, 0.3) is 11.0 Å². The Morgan fingerprint density at radius 2 is 1.81 bits per heavy atom. The predicted octanol–water partition coefficient (Wildman–Crippen LogP) is 6.89. The minimum Gasteiger partial charge on any atom is -0.484 e. The summed E-state index contributed by atoms with van der Waals surface area (Å²) in [7, 11) is 0. The first kappa shape index (κ1) is 25.1. The summed E-state index contributed by atoms with van der Waals surface area (Å²) in [5.41, 5.74) is 1.09. The molecule has 0 saturated heterocycles. The maximum atomic E-state index is 13.7. The van der Waals surface area contributed by atoms with E-state index >= 15 is 0 Å². The molecular formula is C26H19ClF3NO5. The van der Waals surface area contributed by atoms with Crippen LogP contribution in [0.5, 0.6) is 17.2 Å². The number of para-hydroxylation sites is 1. The SMILES string of the molecule is Cc1ccc(NC(=O)COc2ccc3c(=O)c(Oc4ccccc4Cl)c(C(F)(F)F)oc3c2)c(C)c1. The lowest BCUT2D eigenvalue weighted by Crippen LogP contribution is -2.20. The van der Waals surface area contributed by atoms with E-state index in [2.05, 4.69) is 5.32 Å². The van der Waals surface area contributed by atoms with Gasteiger partial charge in [0.1, 0.15) is 17.1 Å². The zero-order valence-electron chi connectivity index (χ0n) is 19.0. The third-order valence-electron chi connectivity index (χ3n) is 5.15. The van der Waals surface area contributed by atoms with E-state index < -0.39 is 35.6 Å². The van der Waals surface area contributed by atoms with Crippen LogP contribution in [-0.4, -0.2) is 12.5 Å². The molecule has 6 nitrogen and oxygen atoms in total. The highest BCUT2D eigenvalue weighted by atomic mass is 35.5. The van der Waals surface area contributed by atoms with Crippen LogP contribution in [0.3, 0.4) is 0 Å². The number of halogens is 4. The zero-order chi connectivity index (χ0) is 26.0. The standard InChI is InChI=1S/C26H19ClF3NO5/c1-14-7-10-19(15(2)11-14)31-22(32)13-34-16-8-9-17-21(12-16)36-25(26(28,29)30)24(23(17)33)35-20-6-4-3-5-18(20)27/h3-12H,13H2,1-2H3,(H,31,32). The van der Waals surface area contributed by atoms with Crippen molar-refractivity contribution in [1.29, 1.82) is 0 Å².